The number of methoxy groups -OCH3 is 1. The number of ether oxygens (including phenoxy) is 1. The van der Waals surface area contributed by atoms with E-state index in [1.54, 1.807) is 43.5 Å². The van der Waals surface area contributed by atoms with Gasteiger partial charge < -0.3 is 9.84 Å². The third kappa shape index (κ3) is 5.31. The molecule has 2 rings (SSSR count). The molecule has 0 aliphatic rings. The van der Waals surface area contributed by atoms with Gasteiger partial charge in [0.25, 0.3) is 0 Å². The normalized spacial score (nSPS) is 12.7. The van der Waals surface area contributed by atoms with Crippen LogP contribution in [0.4, 0.5) is 0 Å². The summed E-state index contributed by atoms with van der Waals surface area (Å²) < 4.78 is 31.9. The summed E-state index contributed by atoms with van der Waals surface area (Å²) in [4.78, 5) is 11.4. The van der Waals surface area contributed by atoms with Gasteiger partial charge in [0.1, 0.15) is 11.8 Å². The molecule has 0 radical (unpaired) electrons. The molecule has 26 heavy (non-hydrogen) atoms. The zero-order chi connectivity index (χ0) is 19.2. The Hall–Kier alpha value is -2.38. The second kappa shape index (κ2) is 8.82. The van der Waals surface area contributed by atoms with Crippen LogP contribution in [0.3, 0.4) is 0 Å². The van der Waals surface area contributed by atoms with Crippen LogP contribution in [0.1, 0.15) is 18.1 Å². The summed E-state index contributed by atoms with van der Waals surface area (Å²) in [6.07, 6.45) is 0.392. The van der Waals surface area contributed by atoms with Crippen molar-refractivity contribution in [1.82, 2.24) is 4.31 Å². The largest absolute Gasteiger partial charge is 0.497 e. The zero-order valence-corrected chi connectivity index (χ0v) is 15.6. The average molecular weight is 377 g/mol. The fourth-order valence-electron chi connectivity index (χ4n) is 2.63. The Kier molecular flexibility index (Phi) is 6.76. The molecule has 7 heteroatoms. The first-order valence-corrected chi connectivity index (χ1v) is 9.83. The van der Waals surface area contributed by atoms with Crippen molar-refractivity contribution in [2.75, 3.05) is 13.7 Å². The van der Waals surface area contributed by atoms with Gasteiger partial charge in [0.05, 0.1) is 12.9 Å². The smallest absolute Gasteiger partial charge is 0.321 e. The molecule has 0 fully saturated rings. The molecule has 6 nitrogen and oxygen atoms in total. The molecule has 0 unspecified atom stereocenters. The van der Waals surface area contributed by atoms with E-state index in [1.807, 2.05) is 18.2 Å². The number of hydrogen-bond acceptors (Lipinski definition) is 4. The summed E-state index contributed by atoms with van der Waals surface area (Å²) in [7, 11) is -2.23. The van der Waals surface area contributed by atoms with E-state index in [0.717, 1.165) is 9.87 Å². The van der Waals surface area contributed by atoms with Gasteiger partial charge in [0.15, 0.2) is 0 Å². The minimum Gasteiger partial charge on any atom is -0.497 e. The van der Waals surface area contributed by atoms with Crippen molar-refractivity contribution >= 4 is 16.0 Å². The number of sulfonamides is 1. The molecule has 0 aromatic heterocycles. The van der Waals surface area contributed by atoms with Crippen LogP contribution < -0.4 is 4.74 Å². The summed E-state index contributed by atoms with van der Waals surface area (Å²) in [6, 6.07) is 14.9. The lowest BCUT2D eigenvalue weighted by Crippen LogP contribution is -2.44. The summed E-state index contributed by atoms with van der Waals surface area (Å²) in [5.74, 6) is -0.733. The minimum atomic E-state index is -3.78. The Bertz CT molecular complexity index is 836. The fraction of sp³-hybridized carbons (Fsp3) is 0.316. The molecule has 0 spiro atoms. The molecular formula is C19H23NO5S. The lowest BCUT2D eigenvalue weighted by atomic mass is 10.1. The Balaban J connectivity index is 2.21. The first kappa shape index (κ1) is 19.9. The molecule has 0 aliphatic carbocycles. The SMILES string of the molecule is COc1cccc(CCN([C@@H](C)C(=O)O)S(=O)(=O)Cc2ccccc2)c1. The molecule has 0 saturated heterocycles. The molecular weight excluding hydrogens is 354 g/mol. The summed E-state index contributed by atoms with van der Waals surface area (Å²) >= 11 is 0. The average Bonchev–Trinajstić information content (AvgIpc) is 2.62. The molecule has 0 saturated carbocycles. The lowest BCUT2D eigenvalue weighted by molar-refractivity contribution is -0.140. The number of nitrogens with zero attached hydrogens (tertiary/aromatic N) is 1. The number of carbonyl (C=O) groups is 1. The van der Waals surface area contributed by atoms with Gasteiger partial charge in [-0.25, -0.2) is 8.42 Å². The standard InChI is InChI=1S/C19H23NO5S/c1-15(19(21)22)20(12-11-16-9-6-10-18(13-16)25-2)26(23,24)14-17-7-4-3-5-8-17/h3-10,13,15H,11-12,14H2,1-2H3,(H,21,22)/t15-/m0/s1. The topological polar surface area (TPSA) is 83.9 Å². The van der Waals surface area contributed by atoms with Crippen LogP contribution >= 0.6 is 0 Å². The van der Waals surface area contributed by atoms with E-state index in [9.17, 15) is 18.3 Å². The second-order valence-corrected chi connectivity index (χ2v) is 7.89. The summed E-state index contributed by atoms with van der Waals surface area (Å²) in [5, 5.41) is 9.34. The van der Waals surface area contributed by atoms with Crippen LogP contribution in [0, 0.1) is 0 Å². The van der Waals surface area contributed by atoms with Gasteiger partial charge in [-0.2, -0.15) is 4.31 Å². The van der Waals surface area contributed by atoms with Crippen molar-refractivity contribution in [2.45, 2.75) is 25.1 Å². The molecule has 0 aliphatic heterocycles. The number of benzene rings is 2. The van der Waals surface area contributed by atoms with E-state index in [2.05, 4.69) is 0 Å². The van der Waals surface area contributed by atoms with Gasteiger partial charge in [-0.15, -0.1) is 0 Å². The molecule has 140 valence electrons. The van der Waals surface area contributed by atoms with Crippen LogP contribution in [-0.4, -0.2) is 43.5 Å². The van der Waals surface area contributed by atoms with Gasteiger partial charge in [-0.3, -0.25) is 4.79 Å². The van der Waals surface area contributed by atoms with Crippen molar-refractivity contribution in [3.63, 3.8) is 0 Å². The molecule has 0 amide bonds. The van der Waals surface area contributed by atoms with E-state index in [4.69, 9.17) is 4.74 Å². The Labute approximate surface area is 154 Å². The predicted octanol–water partition coefficient (Wildman–Crippen LogP) is 2.54. The Morgan fingerprint density at radius 1 is 1.12 bits per heavy atom. The highest BCUT2D eigenvalue weighted by atomic mass is 32.2. The van der Waals surface area contributed by atoms with Crippen molar-refractivity contribution in [3.05, 3.63) is 65.7 Å². The molecule has 1 atom stereocenters. The van der Waals surface area contributed by atoms with Gasteiger partial charge in [0.2, 0.25) is 10.0 Å². The van der Waals surface area contributed by atoms with E-state index in [0.29, 0.717) is 17.7 Å². The highest BCUT2D eigenvalue weighted by Gasteiger charge is 2.31. The number of hydrogen-bond donors (Lipinski definition) is 1. The van der Waals surface area contributed by atoms with Crippen LogP contribution in [0.2, 0.25) is 0 Å². The van der Waals surface area contributed by atoms with Gasteiger partial charge >= 0.3 is 5.97 Å². The van der Waals surface area contributed by atoms with Crippen molar-refractivity contribution in [2.24, 2.45) is 0 Å². The third-order valence-corrected chi connectivity index (χ3v) is 6.01. The molecule has 0 bridgehead atoms. The van der Waals surface area contributed by atoms with Crippen LogP contribution in [-0.2, 0) is 27.0 Å². The summed E-state index contributed by atoms with van der Waals surface area (Å²) in [5.41, 5.74) is 1.50. The molecule has 0 heterocycles. The van der Waals surface area contributed by atoms with E-state index >= 15 is 0 Å². The predicted molar refractivity (Wildman–Crippen MR) is 99.6 cm³/mol. The molecule has 2 aromatic rings. The molecule has 2 aromatic carbocycles. The van der Waals surface area contributed by atoms with E-state index < -0.39 is 22.0 Å². The number of carboxylic acids is 1. The first-order chi connectivity index (χ1) is 12.3. The van der Waals surface area contributed by atoms with E-state index in [1.165, 1.54) is 6.92 Å². The zero-order valence-electron chi connectivity index (χ0n) is 14.8. The maximum Gasteiger partial charge on any atom is 0.321 e. The number of rotatable bonds is 9. The lowest BCUT2D eigenvalue weighted by Gasteiger charge is -2.26. The van der Waals surface area contributed by atoms with Gasteiger partial charge in [-0.1, -0.05) is 42.5 Å². The maximum absolute atomic E-state index is 12.8. The monoisotopic (exact) mass is 377 g/mol. The fourth-order valence-corrected chi connectivity index (χ4v) is 4.35. The Morgan fingerprint density at radius 2 is 1.77 bits per heavy atom. The molecule has 1 N–H and O–H groups in total. The minimum absolute atomic E-state index is 0.0792. The number of carboxylic acid groups (broad SMARTS) is 1. The second-order valence-electron chi connectivity index (χ2n) is 5.97. The maximum atomic E-state index is 12.8. The van der Waals surface area contributed by atoms with Crippen LogP contribution in [0.25, 0.3) is 0 Å². The first-order valence-electron chi connectivity index (χ1n) is 8.22. The van der Waals surface area contributed by atoms with Gasteiger partial charge in [0, 0.05) is 6.54 Å². The van der Waals surface area contributed by atoms with Crippen molar-refractivity contribution in [1.29, 1.82) is 0 Å². The third-order valence-electron chi connectivity index (χ3n) is 4.09. The van der Waals surface area contributed by atoms with Crippen LogP contribution in [0.15, 0.2) is 54.6 Å². The van der Waals surface area contributed by atoms with Crippen molar-refractivity contribution < 1.29 is 23.1 Å². The quantitative estimate of drug-likeness (QED) is 0.726. The van der Waals surface area contributed by atoms with E-state index in [-0.39, 0.29) is 12.3 Å². The number of aliphatic carboxylic acids is 1. The highest BCUT2D eigenvalue weighted by molar-refractivity contribution is 7.88. The Morgan fingerprint density at radius 3 is 2.38 bits per heavy atom. The van der Waals surface area contributed by atoms with Crippen LogP contribution in [0.5, 0.6) is 5.75 Å². The van der Waals surface area contributed by atoms with Crippen molar-refractivity contribution in [3.8, 4) is 5.75 Å². The highest BCUT2D eigenvalue weighted by Crippen LogP contribution is 2.18. The summed E-state index contributed by atoms with van der Waals surface area (Å²) in [6.45, 7) is 1.46. The van der Waals surface area contributed by atoms with Gasteiger partial charge in [-0.05, 0) is 36.6 Å².